The number of halogens is 1. The molecule has 0 spiro atoms. The fraction of sp³-hybridized carbons (Fsp3) is 0.300. The van der Waals surface area contributed by atoms with Crippen molar-refractivity contribution in [2.24, 2.45) is 0 Å². The first-order chi connectivity index (χ1) is 7.56. The lowest BCUT2D eigenvalue weighted by molar-refractivity contribution is 0.696. The van der Waals surface area contributed by atoms with Crippen molar-refractivity contribution in [1.29, 1.82) is 0 Å². The third-order valence-electron chi connectivity index (χ3n) is 2.13. The summed E-state index contributed by atoms with van der Waals surface area (Å²) in [5.41, 5.74) is 0.818. The molecule has 84 valence electrons. The summed E-state index contributed by atoms with van der Waals surface area (Å²) in [5.74, 6) is 0.602. The van der Waals surface area contributed by atoms with E-state index < -0.39 is 0 Å². The molecule has 0 saturated heterocycles. The average molecular weight is 256 g/mol. The van der Waals surface area contributed by atoms with Crippen LogP contribution in [0, 0.1) is 13.8 Å². The molecule has 0 bridgehead atoms. The van der Waals surface area contributed by atoms with Crippen molar-refractivity contribution in [3.63, 3.8) is 0 Å². The van der Waals surface area contributed by atoms with Gasteiger partial charge in [-0.3, -0.25) is 9.36 Å². The zero-order valence-corrected chi connectivity index (χ0v) is 10.5. The Morgan fingerprint density at radius 2 is 2.19 bits per heavy atom. The second-order valence-corrected chi connectivity index (χ2v) is 4.76. The molecule has 4 nitrogen and oxygen atoms in total. The van der Waals surface area contributed by atoms with Gasteiger partial charge in [0.1, 0.15) is 16.0 Å². The molecule has 0 aromatic carbocycles. The molecule has 16 heavy (non-hydrogen) atoms. The number of nitrogens with zero attached hydrogens (tertiary/aromatic N) is 3. The fourth-order valence-corrected chi connectivity index (χ4v) is 2.36. The molecule has 2 rings (SSSR count). The molecule has 0 radical (unpaired) electrons. The summed E-state index contributed by atoms with van der Waals surface area (Å²) in [5, 5.41) is 3.08. The van der Waals surface area contributed by atoms with Crippen molar-refractivity contribution in [3.8, 4) is 0 Å². The van der Waals surface area contributed by atoms with Crippen LogP contribution < -0.4 is 5.56 Å². The van der Waals surface area contributed by atoms with Crippen molar-refractivity contribution in [3.05, 3.63) is 43.5 Å². The van der Waals surface area contributed by atoms with Crippen LogP contribution in [0.3, 0.4) is 0 Å². The van der Waals surface area contributed by atoms with E-state index in [1.54, 1.807) is 11.5 Å². The van der Waals surface area contributed by atoms with Gasteiger partial charge in [-0.25, -0.2) is 9.97 Å². The molecule has 0 amide bonds. The first-order valence-electron chi connectivity index (χ1n) is 4.71. The van der Waals surface area contributed by atoms with Gasteiger partial charge in [-0.1, -0.05) is 11.6 Å². The van der Waals surface area contributed by atoms with Crippen molar-refractivity contribution < 1.29 is 0 Å². The van der Waals surface area contributed by atoms with E-state index >= 15 is 0 Å². The maximum atomic E-state index is 11.7. The highest BCUT2D eigenvalue weighted by atomic mass is 35.5. The minimum absolute atomic E-state index is 0.148. The maximum Gasteiger partial charge on any atom is 0.255 e. The molecule has 2 aromatic heterocycles. The van der Waals surface area contributed by atoms with Crippen molar-refractivity contribution in [2.45, 2.75) is 20.4 Å². The van der Waals surface area contributed by atoms with Crippen molar-refractivity contribution in [1.82, 2.24) is 14.5 Å². The fourth-order valence-electron chi connectivity index (χ4n) is 1.39. The second-order valence-electron chi connectivity index (χ2n) is 3.43. The summed E-state index contributed by atoms with van der Waals surface area (Å²) >= 11 is 7.23. The van der Waals surface area contributed by atoms with Crippen LogP contribution in [0.1, 0.15) is 16.5 Å². The molecule has 0 fully saturated rings. The summed E-state index contributed by atoms with van der Waals surface area (Å²) in [4.78, 5) is 20.0. The van der Waals surface area contributed by atoms with E-state index in [4.69, 9.17) is 11.6 Å². The highest BCUT2D eigenvalue weighted by Crippen LogP contribution is 2.10. The molecule has 2 heterocycles. The minimum atomic E-state index is -0.148. The minimum Gasteiger partial charge on any atom is -0.290 e. The number of rotatable bonds is 2. The van der Waals surface area contributed by atoms with Crippen LogP contribution in [0.25, 0.3) is 0 Å². The van der Waals surface area contributed by atoms with Gasteiger partial charge in [-0.15, -0.1) is 11.3 Å². The predicted molar refractivity (Wildman–Crippen MR) is 64.2 cm³/mol. The van der Waals surface area contributed by atoms with E-state index in [0.717, 1.165) is 10.7 Å². The molecule has 0 unspecified atom stereocenters. The first-order valence-corrected chi connectivity index (χ1v) is 5.97. The Kier molecular flexibility index (Phi) is 3.07. The quantitative estimate of drug-likeness (QED) is 0.772. The Balaban J connectivity index is 2.38. The number of hydrogen-bond acceptors (Lipinski definition) is 4. The Labute approximate surface area is 102 Å². The van der Waals surface area contributed by atoms with Gasteiger partial charge in [0.15, 0.2) is 0 Å². The van der Waals surface area contributed by atoms with Gasteiger partial charge in [0.25, 0.3) is 5.56 Å². The standard InChI is InChI=1S/C10H10ClN3OS/c1-6-5-16-9(12-6)4-14-7(2)13-8(11)3-10(14)15/h3,5H,4H2,1-2H3. The SMILES string of the molecule is Cc1csc(Cn2c(C)nc(Cl)cc2=O)n1. The molecule has 0 aliphatic rings. The molecule has 0 aliphatic heterocycles. The summed E-state index contributed by atoms with van der Waals surface area (Å²) in [6.45, 7) is 4.14. The predicted octanol–water partition coefficient (Wildman–Crippen LogP) is 2.02. The van der Waals surface area contributed by atoms with Crippen molar-refractivity contribution in [2.75, 3.05) is 0 Å². The zero-order chi connectivity index (χ0) is 11.7. The second kappa shape index (κ2) is 4.35. The van der Waals surface area contributed by atoms with Gasteiger partial charge in [0.2, 0.25) is 0 Å². The zero-order valence-electron chi connectivity index (χ0n) is 8.90. The average Bonchev–Trinajstić information content (AvgIpc) is 2.58. The maximum absolute atomic E-state index is 11.7. The van der Waals surface area contributed by atoms with E-state index in [1.165, 1.54) is 17.4 Å². The highest BCUT2D eigenvalue weighted by molar-refractivity contribution is 7.09. The van der Waals surface area contributed by atoms with E-state index in [-0.39, 0.29) is 10.7 Å². The van der Waals surface area contributed by atoms with Gasteiger partial charge in [0.05, 0.1) is 6.54 Å². The largest absolute Gasteiger partial charge is 0.290 e. The monoisotopic (exact) mass is 255 g/mol. The highest BCUT2D eigenvalue weighted by Gasteiger charge is 2.06. The molecular weight excluding hydrogens is 246 g/mol. The lowest BCUT2D eigenvalue weighted by Gasteiger charge is -2.06. The molecule has 0 N–H and O–H groups in total. The lowest BCUT2D eigenvalue weighted by atomic mass is 10.5. The van der Waals surface area contributed by atoms with E-state index in [2.05, 4.69) is 9.97 Å². The molecule has 6 heteroatoms. The third-order valence-corrected chi connectivity index (χ3v) is 3.27. The Morgan fingerprint density at radius 3 is 2.75 bits per heavy atom. The van der Waals surface area contributed by atoms with Crippen LogP contribution in [-0.2, 0) is 6.54 Å². The van der Waals surface area contributed by atoms with E-state index in [0.29, 0.717) is 12.4 Å². The van der Waals surface area contributed by atoms with Crippen LogP contribution in [0.4, 0.5) is 0 Å². The Morgan fingerprint density at radius 1 is 1.44 bits per heavy atom. The summed E-state index contributed by atoms with van der Waals surface area (Å²) < 4.78 is 1.56. The number of thiazole rings is 1. The normalized spacial score (nSPS) is 10.7. The smallest absolute Gasteiger partial charge is 0.255 e. The molecule has 0 saturated carbocycles. The molecule has 0 atom stereocenters. The van der Waals surface area contributed by atoms with Crippen LogP contribution in [0.2, 0.25) is 5.15 Å². The molecular formula is C10H10ClN3OS. The van der Waals surface area contributed by atoms with Crippen LogP contribution >= 0.6 is 22.9 Å². The van der Waals surface area contributed by atoms with Gasteiger partial charge in [-0.2, -0.15) is 0 Å². The van der Waals surface area contributed by atoms with Crippen LogP contribution in [0.5, 0.6) is 0 Å². The van der Waals surface area contributed by atoms with Gasteiger partial charge >= 0.3 is 0 Å². The first kappa shape index (κ1) is 11.3. The van der Waals surface area contributed by atoms with Crippen LogP contribution in [0.15, 0.2) is 16.2 Å². The number of aryl methyl sites for hydroxylation is 2. The van der Waals surface area contributed by atoms with Crippen molar-refractivity contribution >= 4 is 22.9 Å². The summed E-state index contributed by atoms with van der Waals surface area (Å²) in [6.07, 6.45) is 0. The third kappa shape index (κ3) is 2.31. The number of aromatic nitrogens is 3. The summed E-state index contributed by atoms with van der Waals surface area (Å²) in [6, 6.07) is 1.31. The van der Waals surface area contributed by atoms with Gasteiger partial charge in [0, 0.05) is 17.1 Å². The van der Waals surface area contributed by atoms with Gasteiger partial charge in [-0.05, 0) is 13.8 Å². The molecule has 2 aromatic rings. The van der Waals surface area contributed by atoms with Crippen LogP contribution in [-0.4, -0.2) is 14.5 Å². The Hall–Kier alpha value is -1.20. The van der Waals surface area contributed by atoms with E-state index in [9.17, 15) is 4.79 Å². The Bertz CT molecular complexity index is 576. The lowest BCUT2D eigenvalue weighted by Crippen LogP contribution is -2.23. The number of hydrogen-bond donors (Lipinski definition) is 0. The topological polar surface area (TPSA) is 47.8 Å². The molecule has 0 aliphatic carbocycles. The van der Waals surface area contributed by atoms with E-state index in [1.807, 2.05) is 12.3 Å². The van der Waals surface area contributed by atoms with Gasteiger partial charge < -0.3 is 0 Å². The summed E-state index contributed by atoms with van der Waals surface area (Å²) in [7, 11) is 0.